The molecule has 1 N–H and O–H groups in total. The van der Waals surface area contributed by atoms with E-state index in [-0.39, 0.29) is 0 Å². The second-order valence-corrected chi connectivity index (χ2v) is 2.42. The number of rotatable bonds is 0. The molecule has 1 rings (SSSR count). The summed E-state index contributed by atoms with van der Waals surface area (Å²) in [5.74, 6) is 0. The fraction of sp³-hybridized carbons (Fsp3) is 0.833. The van der Waals surface area contributed by atoms with Crippen molar-refractivity contribution in [3.05, 3.63) is 0 Å². The van der Waals surface area contributed by atoms with E-state index in [2.05, 4.69) is 24.4 Å². The molecule has 0 saturated heterocycles. The molecule has 0 bridgehead atoms. The fourth-order valence-corrected chi connectivity index (χ4v) is 0.766. The lowest BCUT2D eigenvalue weighted by molar-refractivity contribution is 0.518. The van der Waals surface area contributed by atoms with Gasteiger partial charge < -0.3 is 5.43 Å². The summed E-state index contributed by atoms with van der Waals surface area (Å²) < 4.78 is 0. The molecule has 1 aliphatic rings. The predicted octanol–water partition coefficient (Wildman–Crippen LogP) is 1.13. The molecule has 0 aromatic carbocycles. The molecule has 0 amide bonds. The van der Waals surface area contributed by atoms with Gasteiger partial charge in [-0.3, -0.25) is 0 Å². The highest BCUT2D eigenvalue weighted by atomic mass is 15.3. The monoisotopic (exact) mass is 112 g/mol. The Balaban J connectivity index is 2.42. The summed E-state index contributed by atoms with van der Waals surface area (Å²) in [5.41, 5.74) is 4.24. The zero-order chi connectivity index (χ0) is 5.98. The van der Waals surface area contributed by atoms with Crippen LogP contribution in [0.15, 0.2) is 5.10 Å². The van der Waals surface area contributed by atoms with Gasteiger partial charge >= 0.3 is 0 Å². The Morgan fingerprint density at radius 3 is 2.88 bits per heavy atom. The van der Waals surface area contributed by atoms with E-state index in [0.29, 0.717) is 6.04 Å². The highest BCUT2D eigenvalue weighted by Gasteiger charge is 2.05. The first-order valence-electron chi connectivity index (χ1n) is 3.08. The fourth-order valence-electron chi connectivity index (χ4n) is 0.766. The van der Waals surface area contributed by atoms with Crippen molar-refractivity contribution in [1.29, 1.82) is 0 Å². The van der Waals surface area contributed by atoms with Crippen LogP contribution < -0.4 is 5.43 Å². The lowest BCUT2D eigenvalue weighted by Crippen LogP contribution is -2.26. The van der Waals surface area contributed by atoms with Gasteiger partial charge in [-0.25, -0.2) is 0 Å². The van der Waals surface area contributed by atoms with Crippen molar-refractivity contribution in [2.45, 2.75) is 32.7 Å². The number of hydrogen-bond donors (Lipinski definition) is 1. The van der Waals surface area contributed by atoms with Crippen molar-refractivity contribution in [3.8, 4) is 0 Å². The van der Waals surface area contributed by atoms with Crippen LogP contribution in [0.5, 0.6) is 0 Å². The van der Waals surface area contributed by atoms with Crippen LogP contribution >= 0.6 is 0 Å². The minimum Gasteiger partial charge on any atom is -0.307 e. The molecule has 46 valence electrons. The van der Waals surface area contributed by atoms with E-state index >= 15 is 0 Å². The third-order valence-corrected chi connectivity index (χ3v) is 1.41. The second-order valence-electron chi connectivity index (χ2n) is 2.42. The molecule has 1 aliphatic heterocycles. The smallest absolute Gasteiger partial charge is 0.0415 e. The van der Waals surface area contributed by atoms with Gasteiger partial charge in [0.05, 0.1) is 0 Å². The van der Waals surface area contributed by atoms with Crippen molar-refractivity contribution in [2.75, 3.05) is 0 Å². The summed E-state index contributed by atoms with van der Waals surface area (Å²) >= 11 is 0. The van der Waals surface area contributed by atoms with E-state index in [1.54, 1.807) is 0 Å². The summed E-state index contributed by atoms with van der Waals surface area (Å²) in [7, 11) is 0. The van der Waals surface area contributed by atoms with E-state index in [1.165, 1.54) is 12.1 Å². The highest BCUT2D eigenvalue weighted by Crippen LogP contribution is 2.02. The van der Waals surface area contributed by atoms with E-state index in [4.69, 9.17) is 0 Å². The zero-order valence-corrected chi connectivity index (χ0v) is 5.44. The molecule has 2 heteroatoms. The van der Waals surface area contributed by atoms with Crippen molar-refractivity contribution < 1.29 is 0 Å². The van der Waals surface area contributed by atoms with Crippen LogP contribution in [0.3, 0.4) is 0 Å². The van der Waals surface area contributed by atoms with Gasteiger partial charge in [0.15, 0.2) is 0 Å². The number of hydrogen-bond acceptors (Lipinski definition) is 2. The minimum atomic E-state index is 0.582. The maximum Gasteiger partial charge on any atom is 0.0415 e. The highest BCUT2D eigenvalue weighted by molar-refractivity contribution is 5.82. The summed E-state index contributed by atoms with van der Waals surface area (Å²) in [4.78, 5) is 0. The van der Waals surface area contributed by atoms with E-state index < -0.39 is 0 Å². The van der Waals surface area contributed by atoms with E-state index in [0.717, 1.165) is 6.42 Å². The quantitative estimate of drug-likeness (QED) is 0.499. The third-order valence-electron chi connectivity index (χ3n) is 1.41. The van der Waals surface area contributed by atoms with Gasteiger partial charge in [0, 0.05) is 11.8 Å². The molecule has 0 saturated carbocycles. The van der Waals surface area contributed by atoms with Crippen LogP contribution in [0.1, 0.15) is 26.7 Å². The molecule has 1 unspecified atom stereocenters. The zero-order valence-electron chi connectivity index (χ0n) is 5.44. The van der Waals surface area contributed by atoms with Gasteiger partial charge in [-0.05, 0) is 26.7 Å². The Morgan fingerprint density at radius 1 is 1.75 bits per heavy atom. The van der Waals surface area contributed by atoms with Crippen molar-refractivity contribution >= 4 is 5.71 Å². The van der Waals surface area contributed by atoms with Crippen molar-refractivity contribution in [1.82, 2.24) is 5.43 Å². The Bertz CT molecular complexity index is 107. The van der Waals surface area contributed by atoms with Gasteiger partial charge in [-0.2, -0.15) is 5.10 Å². The van der Waals surface area contributed by atoms with Gasteiger partial charge in [0.25, 0.3) is 0 Å². The summed E-state index contributed by atoms with van der Waals surface area (Å²) in [6.45, 7) is 4.20. The van der Waals surface area contributed by atoms with E-state index in [9.17, 15) is 0 Å². The molecular formula is C6H12N2. The van der Waals surface area contributed by atoms with Crippen LogP contribution in [-0.2, 0) is 0 Å². The average Bonchev–Trinajstić information content (AvgIpc) is 1.77. The molecule has 8 heavy (non-hydrogen) atoms. The first kappa shape index (κ1) is 5.60. The lowest BCUT2D eigenvalue weighted by atomic mass is 10.1. The topological polar surface area (TPSA) is 24.4 Å². The molecular weight excluding hydrogens is 100 g/mol. The predicted molar refractivity (Wildman–Crippen MR) is 34.9 cm³/mol. The molecule has 1 heterocycles. The molecule has 2 nitrogen and oxygen atoms in total. The molecule has 0 radical (unpaired) electrons. The molecule has 0 fully saturated rings. The normalized spacial score (nSPS) is 28.8. The lowest BCUT2D eigenvalue weighted by Gasteiger charge is -2.16. The van der Waals surface area contributed by atoms with Crippen LogP contribution in [0.2, 0.25) is 0 Å². The SMILES string of the molecule is CC1=NNC(C)CC1. The first-order valence-corrected chi connectivity index (χ1v) is 3.08. The van der Waals surface area contributed by atoms with Gasteiger partial charge in [-0.1, -0.05) is 0 Å². The summed E-state index contributed by atoms with van der Waals surface area (Å²) in [5, 5.41) is 4.08. The summed E-state index contributed by atoms with van der Waals surface area (Å²) in [6, 6.07) is 0.582. The number of hydrazone groups is 1. The first-order chi connectivity index (χ1) is 3.79. The average molecular weight is 112 g/mol. The molecule has 0 aromatic rings. The van der Waals surface area contributed by atoms with Gasteiger partial charge in [0.2, 0.25) is 0 Å². The van der Waals surface area contributed by atoms with Crippen LogP contribution in [0.4, 0.5) is 0 Å². The molecule has 0 spiro atoms. The van der Waals surface area contributed by atoms with Crippen molar-refractivity contribution in [2.24, 2.45) is 5.10 Å². The maximum atomic E-state index is 4.08. The maximum absolute atomic E-state index is 4.08. The largest absolute Gasteiger partial charge is 0.307 e. The minimum absolute atomic E-state index is 0.582. The molecule has 0 aromatic heterocycles. The second kappa shape index (κ2) is 2.16. The van der Waals surface area contributed by atoms with Gasteiger partial charge in [0.1, 0.15) is 0 Å². The Morgan fingerprint density at radius 2 is 2.50 bits per heavy atom. The van der Waals surface area contributed by atoms with Crippen LogP contribution in [0.25, 0.3) is 0 Å². The Kier molecular flexibility index (Phi) is 1.51. The number of nitrogens with zero attached hydrogens (tertiary/aromatic N) is 1. The van der Waals surface area contributed by atoms with Crippen LogP contribution in [0, 0.1) is 0 Å². The summed E-state index contributed by atoms with van der Waals surface area (Å²) in [6.07, 6.45) is 2.39. The molecule has 0 aliphatic carbocycles. The third kappa shape index (κ3) is 1.22. The standard InChI is InChI=1S/C6H12N2/c1-5-3-4-6(2)8-7-5/h5,7H,3-4H2,1-2H3. The van der Waals surface area contributed by atoms with Crippen molar-refractivity contribution in [3.63, 3.8) is 0 Å². The van der Waals surface area contributed by atoms with E-state index in [1.807, 2.05) is 0 Å². The van der Waals surface area contributed by atoms with Crippen LogP contribution in [-0.4, -0.2) is 11.8 Å². The Hall–Kier alpha value is -0.530. The molecule has 1 atom stereocenters. The Labute approximate surface area is 50.0 Å². The van der Waals surface area contributed by atoms with Gasteiger partial charge in [-0.15, -0.1) is 0 Å². The number of nitrogens with one attached hydrogen (secondary N) is 1.